The third-order valence-corrected chi connectivity index (χ3v) is 3.56. The molecule has 3 nitrogen and oxygen atoms in total. The van der Waals surface area contributed by atoms with Gasteiger partial charge in [0.2, 0.25) is 0 Å². The smallest absolute Gasteiger partial charge is 0.416 e. The van der Waals surface area contributed by atoms with Crippen LogP contribution in [0, 0.1) is 0 Å². The van der Waals surface area contributed by atoms with Crippen LogP contribution in [0.5, 0.6) is 0 Å². The van der Waals surface area contributed by atoms with E-state index < -0.39 is 11.7 Å². The minimum Gasteiger partial charge on any atom is -0.457 e. The average Bonchev–Trinajstić information content (AvgIpc) is 2.81. The summed E-state index contributed by atoms with van der Waals surface area (Å²) in [5.74, 6) is 5.47. The van der Waals surface area contributed by atoms with Crippen LogP contribution < -0.4 is 11.3 Å². The van der Waals surface area contributed by atoms with Crippen LogP contribution in [0.1, 0.15) is 22.7 Å². The van der Waals surface area contributed by atoms with E-state index in [1.807, 2.05) is 0 Å². The highest BCUT2D eigenvalue weighted by Crippen LogP contribution is 2.31. The second kappa shape index (κ2) is 5.99. The van der Waals surface area contributed by atoms with Crippen LogP contribution in [-0.2, 0) is 12.6 Å². The quantitative estimate of drug-likeness (QED) is 0.652. The first-order valence-electron chi connectivity index (χ1n) is 5.77. The van der Waals surface area contributed by atoms with Gasteiger partial charge < -0.3 is 4.42 Å². The van der Waals surface area contributed by atoms with Gasteiger partial charge in [-0.25, -0.2) is 0 Å². The number of nitrogens with two attached hydrogens (primary N) is 1. The number of hydrazine groups is 1. The molecule has 0 saturated carbocycles. The van der Waals surface area contributed by atoms with E-state index in [2.05, 4.69) is 21.4 Å². The Hall–Kier alpha value is -1.31. The Labute approximate surface area is 122 Å². The van der Waals surface area contributed by atoms with Gasteiger partial charge in [0.15, 0.2) is 4.67 Å². The topological polar surface area (TPSA) is 51.2 Å². The van der Waals surface area contributed by atoms with Crippen molar-refractivity contribution in [1.82, 2.24) is 5.43 Å². The SMILES string of the molecule is NNC(Cc1cccc(C(F)(F)F)c1)c1ccoc1Br. The van der Waals surface area contributed by atoms with E-state index in [0.717, 1.165) is 17.7 Å². The number of rotatable bonds is 4. The maximum Gasteiger partial charge on any atom is 0.416 e. The minimum atomic E-state index is -4.35. The van der Waals surface area contributed by atoms with E-state index in [1.54, 1.807) is 12.1 Å². The first-order valence-corrected chi connectivity index (χ1v) is 6.56. The van der Waals surface area contributed by atoms with Crippen molar-refractivity contribution in [2.75, 3.05) is 0 Å². The van der Waals surface area contributed by atoms with Gasteiger partial charge in [-0.2, -0.15) is 13.2 Å². The molecule has 1 aromatic heterocycles. The van der Waals surface area contributed by atoms with Crippen molar-refractivity contribution in [3.05, 3.63) is 58.0 Å². The van der Waals surface area contributed by atoms with Crippen LogP contribution in [0.4, 0.5) is 13.2 Å². The molecule has 0 aliphatic heterocycles. The molecule has 1 unspecified atom stereocenters. The molecule has 0 saturated heterocycles. The predicted molar refractivity (Wildman–Crippen MR) is 71.6 cm³/mol. The van der Waals surface area contributed by atoms with E-state index in [0.29, 0.717) is 16.7 Å². The summed E-state index contributed by atoms with van der Waals surface area (Å²) in [6.07, 6.45) is -2.55. The van der Waals surface area contributed by atoms with Crippen LogP contribution in [-0.4, -0.2) is 0 Å². The van der Waals surface area contributed by atoms with Crippen molar-refractivity contribution in [2.45, 2.75) is 18.6 Å². The standard InChI is InChI=1S/C13H12BrF3N2O/c14-12-10(4-5-20-12)11(19-18)7-8-2-1-3-9(6-8)13(15,16)17/h1-6,11,19H,7,18H2. The summed E-state index contributed by atoms with van der Waals surface area (Å²) in [6, 6.07) is 6.55. The first-order chi connectivity index (χ1) is 9.41. The number of hydrogen-bond acceptors (Lipinski definition) is 3. The molecular formula is C13H12BrF3N2O. The van der Waals surface area contributed by atoms with Gasteiger partial charge in [-0.05, 0) is 40.0 Å². The normalized spacial score (nSPS) is 13.4. The van der Waals surface area contributed by atoms with Gasteiger partial charge >= 0.3 is 6.18 Å². The van der Waals surface area contributed by atoms with E-state index in [-0.39, 0.29) is 6.04 Å². The summed E-state index contributed by atoms with van der Waals surface area (Å²) in [4.78, 5) is 0. The van der Waals surface area contributed by atoms with Crippen LogP contribution in [0.25, 0.3) is 0 Å². The Balaban J connectivity index is 2.23. The Morgan fingerprint density at radius 2 is 2.05 bits per heavy atom. The number of alkyl halides is 3. The number of nitrogens with one attached hydrogen (secondary N) is 1. The summed E-state index contributed by atoms with van der Waals surface area (Å²) in [7, 11) is 0. The minimum absolute atomic E-state index is 0.318. The molecule has 0 spiro atoms. The Bertz CT molecular complexity index is 583. The van der Waals surface area contributed by atoms with E-state index in [4.69, 9.17) is 10.3 Å². The number of hydrogen-bond donors (Lipinski definition) is 2. The molecule has 0 aliphatic carbocycles. The monoisotopic (exact) mass is 348 g/mol. The summed E-state index contributed by atoms with van der Waals surface area (Å²) in [5, 5.41) is 0. The molecule has 0 fully saturated rings. The van der Waals surface area contributed by atoms with Crippen LogP contribution in [0.15, 0.2) is 45.7 Å². The van der Waals surface area contributed by atoms with Crippen molar-refractivity contribution in [1.29, 1.82) is 0 Å². The zero-order valence-corrected chi connectivity index (χ0v) is 11.8. The van der Waals surface area contributed by atoms with Crippen LogP contribution in [0.3, 0.4) is 0 Å². The van der Waals surface area contributed by atoms with E-state index in [1.165, 1.54) is 12.3 Å². The Morgan fingerprint density at radius 3 is 2.60 bits per heavy atom. The zero-order valence-electron chi connectivity index (χ0n) is 10.2. The molecule has 7 heteroatoms. The Morgan fingerprint density at radius 1 is 1.30 bits per heavy atom. The van der Waals surface area contributed by atoms with Gasteiger partial charge in [-0.15, -0.1) is 0 Å². The van der Waals surface area contributed by atoms with E-state index in [9.17, 15) is 13.2 Å². The van der Waals surface area contributed by atoms with Crippen molar-refractivity contribution >= 4 is 15.9 Å². The molecule has 20 heavy (non-hydrogen) atoms. The molecule has 0 bridgehead atoms. The lowest BCUT2D eigenvalue weighted by molar-refractivity contribution is -0.137. The average molecular weight is 349 g/mol. The number of benzene rings is 1. The third-order valence-electron chi connectivity index (χ3n) is 2.92. The molecule has 1 aromatic carbocycles. The maximum absolute atomic E-state index is 12.7. The highest BCUT2D eigenvalue weighted by molar-refractivity contribution is 9.10. The highest BCUT2D eigenvalue weighted by Gasteiger charge is 2.30. The second-order valence-corrected chi connectivity index (χ2v) is 4.99. The predicted octanol–water partition coefficient (Wildman–Crippen LogP) is 3.81. The van der Waals surface area contributed by atoms with Crippen molar-refractivity contribution in [3.63, 3.8) is 0 Å². The molecule has 3 N–H and O–H groups in total. The lowest BCUT2D eigenvalue weighted by Gasteiger charge is -2.16. The van der Waals surface area contributed by atoms with Gasteiger partial charge in [-0.1, -0.05) is 18.2 Å². The lowest BCUT2D eigenvalue weighted by Crippen LogP contribution is -2.29. The van der Waals surface area contributed by atoms with Crippen molar-refractivity contribution in [2.24, 2.45) is 5.84 Å². The summed E-state index contributed by atoms with van der Waals surface area (Å²) in [6.45, 7) is 0. The molecule has 0 amide bonds. The Kier molecular flexibility index (Phi) is 4.52. The highest BCUT2D eigenvalue weighted by atomic mass is 79.9. The fourth-order valence-electron chi connectivity index (χ4n) is 1.92. The van der Waals surface area contributed by atoms with Gasteiger partial charge in [0.1, 0.15) is 0 Å². The maximum atomic E-state index is 12.7. The lowest BCUT2D eigenvalue weighted by atomic mass is 10.00. The number of furan rings is 1. The number of halogens is 4. The van der Waals surface area contributed by atoms with Gasteiger partial charge in [-0.3, -0.25) is 11.3 Å². The first kappa shape index (κ1) is 15.1. The van der Waals surface area contributed by atoms with Gasteiger partial charge in [0.25, 0.3) is 0 Å². The molecule has 0 aliphatic rings. The summed E-state index contributed by atoms with van der Waals surface area (Å²) < 4.78 is 43.6. The van der Waals surface area contributed by atoms with Gasteiger partial charge in [0, 0.05) is 5.56 Å². The van der Waals surface area contributed by atoms with Gasteiger partial charge in [0.05, 0.1) is 17.9 Å². The largest absolute Gasteiger partial charge is 0.457 e. The fraction of sp³-hybridized carbons (Fsp3) is 0.231. The van der Waals surface area contributed by atoms with E-state index >= 15 is 0 Å². The fourth-order valence-corrected chi connectivity index (χ4v) is 2.44. The zero-order chi connectivity index (χ0) is 14.8. The molecule has 108 valence electrons. The molecular weight excluding hydrogens is 337 g/mol. The summed E-state index contributed by atoms with van der Waals surface area (Å²) in [5.41, 5.74) is 3.20. The molecule has 0 radical (unpaired) electrons. The molecule has 1 atom stereocenters. The molecule has 1 heterocycles. The van der Waals surface area contributed by atoms with Crippen molar-refractivity contribution < 1.29 is 17.6 Å². The second-order valence-electron chi connectivity index (χ2n) is 4.27. The third kappa shape index (κ3) is 3.41. The summed E-state index contributed by atoms with van der Waals surface area (Å²) >= 11 is 3.23. The van der Waals surface area contributed by atoms with Crippen LogP contribution >= 0.6 is 15.9 Å². The molecule has 2 rings (SSSR count). The molecule has 2 aromatic rings. The van der Waals surface area contributed by atoms with Crippen molar-refractivity contribution in [3.8, 4) is 0 Å². The van der Waals surface area contributed by atoms with Crippen LogP contribution in [0.2, 0.25) is 0 Å².